The molecule has 28 heavy (non-hydrogen) atoms. The Morgan fingerprint density at radius 2 is 2.07 bits per heavy atom. The van der Waals surface area contributed by atoms with E-state index < -0.39 is 0 Å². The minimum Gasteiger partial charge on any atom is -0.460 e. The van der Waals surface area contributed by atoms with Crippen LogP contribution in [-0.2, 0) is 4.79 Å². The van der Waals surface area contributed by atoms with Gasteiger partial charge in [0.1, 0.15) is 11.5 Å². The maximum absolute atomic E-state index is 12.6. The molecular formula is C21H28N4O3. The summed E-state index contributed by atoms with van der Waals surface area (Å²) < 4.78 is 5.54. The van der Waals surface area contributed by atoms with Gasteiger partial charge in [-0.1, -0.05) is 12.8 Å². The van der Waals surface area contributed by atoms with Gasteiger partial charge in [0, 0.05) is 24.6 Å². The lowest BCUT2D eigenvalue weighted by Gasteiger charge is -2.41. The average molecular weight is 384 g/mol. The Hall–Kier alpha value is -2.57. The van der Waals surface area contributed by atoms with E-state index in [1.54, 1.807) is 6.07 Å². The first-order valence-electron chi connectivity index (χ1n) is 10.2. The summed E-state index contributed by atoms with van der Waals surface area (Å²) in [5.41, 5.74) is 0.957. The third-order valence-electron chi connectivity index (χ3n) is 6.16. The third kappa shape index (κ3) is 3.98. The molecular weight excluding hydrogens is 356 g/mol. The number of hydrogen-bond acceptors (Lipinski definition) is 4. The first-order valence-corrected chi connectivity index (χ1v) is 10.2. The first-order chi connectivity index (χ1) is 13.5. The number of amides is 2. The molecule has 3 N–H and O–H groups in total. The predicted octanol–water partition coefficient (Wildman–Crippen LogP) is 3.04. The van der Waals surface area contributed by atoms with Crippen LogP contribution in [0.25, 0.3) is 11.5 Å². The van der Waals surface area contributed by atoms with E-state index in [0.29, 0.717) is 29.6 Å². The van der Waals surface area contributed by atoms with Crippen LogP contribution in [-0.4, -0.2) is 34.6 Å². The molecule has 0 saturated heterocycles. The number of aromatic nitrogens is 2. The number of nitrogens with one attached hydrogen (secondary N) is 3. The molecule has 2 bridgehead atoms. The zero-order chi connectivity index (χ0) is 19.7. The molecule has 5 rings (SSSR count). The van der Waals surface area contributed by atoms with Gasteiger partial charge in [0.2, 0.25) is 5.91 Å². The van der Waals surface area contributed by atoms with Gasteiger partial charge >= 0.3 is 0 Å². The number of carbonyl (C=O) groups is 2. The zero-order valence-corrected chi connectivity index (χ0v) is 16.5. The maximum atomic E-state index is 12.6. The second-order valence-electron chi connectivity index (χ2n) is 8.32. The van der Waals surface area contributed by atoms with E-state index >= 15 is 0 Å². The summed E-state index contributed by atoms with van der Waals surface area (Å²) in [4.78, 5) is 25.0. The van der Waals surface area contributed by atoms with Crippen LogP contribution < -0.4 is 10.6 Å². The Labute approximate surface area is 164 Å². The standard InChI is InChI=1S/C21H28N4O3/c1-12(11-22-20(26)16-9-14-4-6-15(16)7-5-14)23-21(27)18-10-17(24-25-18)19-8-3-13(2)28-19/h3,8,10,12,14-16H,4-7,9,11H2,1-2H3,(H,22,26)(H,23,27)(H,24,25)/t12-,14?,15?,16?/m1/s1. The number of H-pyrrole nitrogens is 1. The van der Waals surface area contributed by atoms with Crippen molar-refractivity contribution in [3.8, 4) is 11.5 Å². The fourth-order valence-corrected chi connectivity index (χ4v) is 4.58. The van der Waals surface area contributed by atoms with Crippen molar-refractivity contribution in [3.63, 3.8) is 0 Å². The second kappa shape index (κ2) is 7.81. The summed E-state index contributed by atoms with van der Waals surface area (Å²) in [7, 11) is 0. The van der Waals surface area contributed by atoms with Crippen LogP contribution in [0.3, 0.4) is 0 Å². The summed E-state index contributed by atoms with van der Waals surface area (Å²) in [6, 6.07) is 5.18. The van der Waals surface area contributed by atoms with Crippen molar-refractivity contribution in [3.05, 3.63) is 29.7 Å². The predicted molar refractivity (Wildman–Crippen MR) is 105 cm³/mol. The van der Waals surface area contributed by atoms with Gasteiger partial charge in [0.15, 0.2) is 11.5 Å². The van der Waals surface area contributed by atoms with Gasteiger partial charge in [-0.15, -0.1) is 0 Å². The van der Waals surface area contributed by atoms with Crippen LogP contribution in [0.5, 0.6) is 0 Å². The summed E-state index contributed by atoms with van der Waals surface area (Å²) in [5, 5.41) is 12.8. The molecule has 7 nitrogen and oxygen atoms in total. The molecule has 0 radical (unpaired) electrons. The Balaban J connectivity index is 1.27. The Morgan fingerprint density at radius 1 is 1.29 bits per heavy atom. The minimum atomic E-state index is -0.274. The molecule has 0 aliphatic heterocycles. The highest BCUT2D eigenvalue weighted by atomic mass is 16.3. The highest BCUT2D eigenvalue weighted by molar-refractivity contribution is 5.93. The van der Waals surface area contributed by atoms with Crippen molar-refractivity contribution >= 4 is 11.8 Å². The molecule has 2 atom stereocenters. The highest BCUT2D eigenvalue weighted by Crippen LogP contribution is 2.44. The molecule has 2 aromatic rings. The number of hydrogen-bond donors (Lipinski definition) is 3. The summed E-state index contributed by atoms with van der Waals surface area (Å²) in [6.45, 7) is 4.17. The van der Waals surface area contributed by atoms with E-state index in [9.17, 15) is 9.59 Å². The number of furan rings is 1. The Bertz CT molecular complexity index is 847. The van der Waals surface area contributed by atoms with Gasteiger partial charge in [-0.2, -0.15) is 5.10 Å². The van der Waals surface area contributed by atoms with Crippen molar-refractivity contribution in [2.75, 3.05) is 6.54 Å². The van der Waals surface area contributed by atoms with Crippen LogP contribution in [0.2, 0.25) is 0 Å². The molecule has 3 aliphatic carbocycles. The molecule has 0 aromatic carbocycles. The average Bonchev–Trinajstić information content (AvgIpc) is 3.36. The molecule has 150 valence electrons. The molecule has 3 fully saturated rings. The van der Waals surface area contributed by atoms with E-state index in [-0.39, 0.29) is 23.8 Å². The van der Waals surface area contributed by atoms with E-state index in [1.807, 2.05) is 26.0 Å². The molecule has 2 aromatic heterocycles. The van der Waals surface area contributed by atoms with E-state index in [1.165, 1.54) is 25.7 Å². The topological polar surface area (TPSA) is 100 Å². The van der Waals surface area contributed by atoms with Gasteiger partial charge < -0.3 is 15.1 Å². The van der Waals surface area contributed by atoms with Crippen LogP contribution in [0.4, 0.5) is 0 Å². The molecule has 3 aliphatic rings. The second-order valence-corrected chi connectivity index (χ2v) is 8.32. The summed E-state index contributed by atoms with van der Waals surface area (Å²) in [6.07, 6.45) is 5.96. The Morgan fingerprint density at radius 3 is 2.71 bits per heavy atom. The molecule has 2 amide bonds. The number of aromatic amines is 1. The lowest BCUT2D eigenvalue weighted by Crippen LogP contribution is -2.46. The smallest absolute Gasteiger partial charge is 0.272 e. The minimum absolute atomic E-state index is 0.144. The van der Waals surface area contributed by atoms with Gasteiger partial charge in [0.25, 0.3) is 5.91 Å². The number of aryl methyl sites for hydroxylation is 1. The first kappa shape index (κ1) is 18.8. The third-order valence-corrected chi connectivity index (χ3v) is 6.16. The van der Waals surface area contributed by atoms with Gasteiger partial charge in [-0.05, 0) is 57.1 Å². The zero-order valence-electron chi connectivity index (χ0n) is 16.5. The van der Waals surface area contributed by atoms with Gasteiger partial charge in [-0.3, -0.25) is 14.7 Å². The van der Waals surface area contributed by atoms with Crippen LogP contribution in [0.15, 0.2) is 22.6 Å². The fourth-order valence-electron chi connectivity index (χ4n) is 4.58. The number of carbonyl (C=O) groups excluding carboxylic acids is 2. The Kier molecular flexibility index (Phi) is 5.24. The van der Waals surface area contributed by atoms with Crippen molar-refractivity contribution < 1.29 is 14.0 Å². The van der Waals surface area contributed by atoms with E-state index in [4.69, 9.17) is 4.42 Å². The van der Waals surface area contributed by atoms with Crippen molar-refractivity contribution in [2.45, 2.75) is 52.0 Å². The number of fused-ring (bicyclic) bond motifs is 3. The van der Waals surface area contributed by atoms with Crippen LogP contribution in [0, 0.1) is 24.7 Å². The van der Waals surface area contributed by atoms with Gasteiger partial charge in [-0.25, -0.2) is 0 Å². The molecule has 3 saturated carbocycles. The lowest BCUT2D eigenvalue weighted by molar-refractivity contribution is -0.130. The van der Waals surface area contributed by atoms with Gasteiger partial charge in [0.05, 0.1) is 0 Å². The maximum Gasteiger partial charge on any atom is 0.272 e. The number of rotatable bonds is 6. The summed E-state index contributed by atoms with van der Waals surface area (Å²) in [5.74, 6) is 2.74. The molecule has 2 heterocycles. The normalized spacial score (nSPS) is 24.7. The van der Waals surface area contributed by atoms with Crippen LogP contribution in [0.1, 0.15) is 55.3 Å². The quantitative estimate of drug-likeness (QED) is 0.713. The monoisotopic (exact) mass is 384 g/mol. The largest absolute Gasteiger partial charge is 0.460 e. The van der Waals surface area contributed by atoms with Crippen molar-refractivity contribution in [2.24, 2.45) is 17.8 Å². The molecule has 1 unspecified atom stereocenters. The summed E-state index contributed by atoms with van der Waals surface area (Å²) >= 11 is 0. The van der Waals surface area contributed by atoms with Crippen LogP contribution >= 0.6 is 0 Å². The van der Waals surface area contributed by atoms with E-state index in [2.05, 4.69) is 20.8 Å². The highest BCUT2D eigenvalue weighted by Gasteiger charge is 2.39. The van der Waals surface area contributed by atoms with Crippen molar-refractivity contribution in [1.29, 1.82) is 0 Å². The molecule has 7 heteroatoms. The van der Waals surface area contributed by atoms with E-state index in [0.717, 1.165) is 18.1 Å². The van der Waals surface area contributed by atoms with Crippen molar-refractivity contribution in [1.82, 2.24) is 20.8 Å². The lowest BCUT2D eigenvalue weighted by atomic mass is 9.64. The number of nitrogens with zero attached hydrogens (tertiary/aromatic N) is 1. The molecule has 0 spiro atoms. The SMILES string of the molecule is Cc1ccc(-c2cc(C(=O)N[C@H](C)CNC(=O)C3CC4CCC3CC4)n[nH]2)o1. The fraction of sp³-hybridized carbons (Fsp3) is 0.571.